The summed E-state index contributed by atoms with van der Waals surface area (Å²) in [5.41, 5.74) is 6.22. The van der Waals surface area contributed by atoms with Gasteiger partial charge in [-0.05, 0) is 64.6 Å². The number of rotatable bonds is 10. The second-order valence-corrected chi connectivity index (χ2v) is 12.2. The number of nitrogens with one attached hydrogen (secondary N) is 1. The Labute approximate surface area is 254 Å². The SMILES string of the molecule is O=C(O)[C@H](Cc1ccc(F)cc1)NS(=O)(=O)c1ccc(-c2ccc(-c3c(Cc4ccccc4)oc4ccccc34)cc2)cc1. The Kier molecular flexibility index (Phi) is 8.11. The molecule has 6 nitrogen and oxygen atoms in total. The number of sulfonamides is 1. The predicted molar refractivity (Wildman–Crippen MR) is 168 cm³/mol. The largest absolute Gasteiger partial charge is 0.480 e. The van der Waals surface area contributed by atoms with Gasteiger partial charge in [-0.15, -0.1) is 0 Å². The minimum Gasteiger partial charge on any atom is -0.480 e. The van der Waals surface area contributed by atoms with Gasteiger partial charge in [-0.2, -0.15) is 4.72 Å². The molecule has 0 saturated heterocycles. The molecule has 1 aromatic heterocycles. The van der Waals surface area contributed by atoms with Crippen LogP contribution in [-0.4, -0.2) is 25.5 Å². The van der Waals surface area contributed by atoms with Crippen molar-refractivity contribution in [1.29, 1.82) is 0 Å². The van der Waals surface area contributed by atoms with Gasteiger partial charge in [-0.3, -0.25) is 4.79 Å². The quantitative estimate of drug-likeness (QED) is 0.169. The molecule has 0 radical (unpaired) electrons. The molecule has 0 bridgehead atoms. The van der Waals surface area contributed by atoms with E-state index in [4.69, 9.17) is 4.42 Å². The summed E-state index contributed by atoms with van der Waals surface area (Å²) in [5.74, 6) is -0.906. The fourth-order valence-electron chi connectivity index (χ4n) is 5.27. The Morgan fingerprint density at radius 2 is 1.32 bits per heavy atom. The van der Waals surface area contributed by atoms with Gasteiger partial charge in [-0.1, -0.05) is 97.1 Å². The third-order valence-corrected chi connectivity index (χ3v) is 8.98. The van der Waals surface area contributed by atoms with E-state index in [-0.39, 0.29) is 11.3 Å². The van der Waals surface area contributed by atoms with Crippen LogP contribution in [0.3, 0.4) is 0 Å². The second kappa shape index (κ2) is 12.3. The first-order valence-corrected chi connectivity index (χ1v) is 15.5. The van der Waals surface area contributed by atoms with Gasteiger partial charge in [0.05, 0.1) is 4.90 Å². The molecule has 0 aliphatic carbocycles. The van der Waals surface area contributed by atoms with E-state index in [0.29, 0.717) is 12.0 Å². The topological polar surface area (TPSA) is 96.6 Å². The Balaban J connectivity index is 1.22. The van der Waals surface area contributed by atoms with Crippen molar-refractivity contribution < 1.29 is 27.1 Å². The molecule has 5 aromatic carbocycles. The average Bonchev–Trinajstić information content (AvgIpc) is 3.40. The number of aliphatic carboxylic acids is 1. The number of carboxylic acids is 1. The molecule has 1 atom stereocenters. The van der Waals surface area contributed by atoms with Gasteiger partial charge in [0.2, 0.25) is 10.0 Å². The van der Waals surface area contributed by atoms with Crippen LogP contribution in [0.1, 0.15) is 16.9 Å². The molecule has 0 unspecified atom stereocenters. The van der Waals surface area contributed by atoms with Gasteiger partial charge < -0.3 is 9.52 Å². The molecular weight excluding hydrogens is 577 g/mol. The summed E-state index contributed by atoms with van der Waals surface area (Å²) in [6.07, 6.45) is 0.529. The van der Waals surface area contributed by atoms with Gasteiger partial charge >= 0.3 is 5.97 Å². The molecule has 0 saturated carbocycles. The summed E-state index contributed by atoms with van der Waals surface area (Å²) in [5, 5.41) is 10.7. The van der Waals surface area contributed by atoms with Gasteiger partial charge in [0, 0.05) is 17.4 Å². The lowest BCUT2D eigenvalue weighted by Crippen LogP contribution is -2.42. The lowest BCUT2D eigenvalue weighted by Gasteiger charge is -2.15. The summed E-state index contributed by atoms with van der Waals surface area (Å²) in [6, 6.07) is 36.3. The lowest BCUT2D eigenvalue weighted by atomic mass is 9.96. The van der Waals surface area contributed by atoms with Crippen LogP contribution < -0.4 is 4.72 Å². The summed E-state index contributed by atoms with van der Waals surface area (Å²) >= 11 is 0. The van der Waals surface area contributed by atoms with Crippen molar-refractivity contribution in [2.75, 3.05) is 0 Å². The monoisotopic (exact) mass is 605 g/mol. The molecule has 0 spiro atoms. The van der Waals surface area contributed by atoms with E-state index in [1.165, 1.54) is 36.4 Å². The zero-order chi connectivity index (χ0) is 30.7. The fraction of sp³-hybridized carbons (Fsp3) is 0.0833. The number of halogens is 1. The first-order chi connectivity index (χ1) is 21.3. The number of benzene rings is 5. The maximum Gasteiger partial charge on any atom is 0.322 e. The normalized spacial score (nSPS) is 12.3. The maximum absolute atomic E-state index is 13.2. The molecular formula is C36H28FNO5S. The Morgan fingerprint density at radius 3 is 1.98 bits per heavy atom. The van der Waals surface area contributed by atoms with Crippen LogP contribution in [0.25, 0.3) is 33.2 Å². The Morgan fingerprint density at radius 1 is 0.727 bits per heavy atom. The molecule has 0 aliphatic heterocycles. The fourth-order valence-corrected chi connectivity index (χ4v) is 6.45. The number of furan rings is 1. The van der Waals surface area contributed by atoms with Crippen LogP contribution in [0.5, 0.6) is 0 Å². The summed E-state index contributed by atoms with van der Waals surface area (Å²) in [6.45, 7) is 0. The van der Waals surface area contributed by atoms with E-state index < -0.39 is 27.9 Å². The van der Waals surface area contributed by atoms with E-state index in [1.54, 1.807) is 12.1 Å². The molecule has 6 rings (SSSR count). The van der Waals surface area contributed by atoms with Gasteiger partial charge in [0.25, 0.3) is 0 Å². The standard InChI is InChI=1S/C36H28FNO5S/c37-29-18-10-25(11-19-29)22-32(36(39)40)38-44(41,42)30-20-16-27(17-21-30)26-12-14-28(15-13-26)35-31-8-4-5-9-33(31)43-34(35)23-24-6-2-1-3-7-24/h1-21,32,38H,22-23H2,(H,39,40)/t32-/m0/s1. The van der Waals surface area contributed by atoms with E-state index in [9.17, 15) is 22.7 Å². The van der Waals surface area contributed by atoms with Gasteiger partial charge in [0.1, 0.15) is 23.2 Å². The summed E-state index contributed by atoms with van der Waals surface area (Å²) in [4.78, 5) is 11.8. The highest BCUT2D eigenvalue weighted by atomic mass is 32.2. The highest BCUT2D eigenvalue weighted by Gasteiger charge is 2.26. The molecule has 6 aromatic rings. The number of carbonyl (C=O) groups is 1. The molecule has 0 fully saturated rings. The number of carboxylic acid groups (broad SMARTS) is 1. The van der Waals surface area contributed by atoms with Crippen molar-refractivity contribution in [3.8, 4) is 22.3 Å². The van der Waals surface area contributed by atoms with Crippen LogP contribution in [0.4, 0.5) is 4.39 Å². The van der Waals surface area contributed by atoms with Crippen LogP contribution >= 0.6 is 0 Å². The first kappa shape index (κ1) is 29.0. The van der Waals surface area contributed by atoms with Crippen molar-refractivity contribution in [1.82, 2.24) is 4.72 Å². The smallest absolute Gasteiger partial charge is 0.322 e. The van der Waals surface area contributed by atoms with Crippen LogP contribution in [0.15, 0.2) is 137 Å². The third kappa shape index (κ3) is 6.32. The number of fused-ring (bicyclic) bond motifs is 1. The molecule has 2 N–H and O–H groups in total. The number of para-hydroxylation sites is 1. The maximum atomic E-state index is 13.2. The van der Waals surface area contributed by atoms with Crippen molar-refractivity contribution in [3.63, 3.8) is 0 Å². The molecule has 220 valence electrons. The minimum atomic E-state index is -4.13. The lowest BCUT2D eigenvalue weighted by molar-refractivity contribution is -0.138. The molecule has 0 amide bonds. The third-order valence-electron chi connectivity index (χ3n) is 7.50. The van der Waals surface area contributed by atoms with Crippen molar-refractivity contribution in [3.05, 3.63) is 150 Å². The number of hydrogen-bond acceptors (Lipinski definition) is 4. The van der Waals surface area contributed by atoms with E-state index >= 15 is 0 Å². The van der Waals surface area contributed by atoms with Crippen molar-refractivity contribution in [2.45, 2.75) is 23.8 Å². The summed E-state index contributed by atoms with van der Waals surface area (Å²) < 4.78 is 47.9. The van der Waals surface area contributed by atoms with Crippen molar-refractivity contribution >= 4 is 27.0 Å². The van der Waals surface area contributed by atoms with E-state index in [1.807, 2.05) is 60.7 Å². The molecule has 8 heteroatoms. The summed E-state index contributed by atoms with van der Waals surface area (Å²) in [7, 11) is -4.13. The van der Waals surface area contributed by atoms with Crippen molar-refractivity contribution in [2.24, 2.45) is 0 Å². The zero-order valence-electron chi connectivity index (χ0n) is 23.5. The molecule has 44 heavy (non-hydrogen) atoms. The Hall–Kier alpha value is -5.05. The molecule has 1 heterocycles. The molecule has 0 aliphatic rings. The first-order valence-electron chi connectivity index (χ1n) is 14.0. The highest BCUT2D eigenvalue weighted by Crippen LogP contribution is 2.37. The van der Waals surface area contributed by atoms with E-state index in [0.717, 1.165) is 44.5 Å². The zero-order valence-corrected chi connectivity index (χ0v) is 24.3. The highest BCUT2D eigenvalue weighted by molar-refractivity contribution is 7.89. The van der Waals surface area contributed by atoms with Gasteiger partial charge in [0.15, 0.2) is 0 Å². The van der Waals surface area contributed by atoms with Crippen LogP contribution in [0, 0.1) is 5.82 Å². The van der Waals surface area contributed by atoms with Crippen LogP contribution in [-0.2, 0) is 27.7 Å². The predicted octanol–water partition coefficient (Wildman–Crippen LogP) is 7.47. The second-order valence-electron chi connectivity index (χ2n) is 10.5. The number of hydrogen-bond donors (Lipinski definition) is 2. The average molecular weight is 606 g/mol. The van der Waals surface area contributed by atoms with E-state index in [2.05, 4.69) is 22.9 Å². The van der Waals surface area contributed by atoms with Gasteiger partial charge in [-0.25, -0.2) is 12.8 Å². The van der Waals surface area contributed by atoms with Crippen LogP contribution in [0.2, 0.25) is 0 Å². The minimum absolute atomic E-state index is 0.0568. The Bertz CT molecular complexity index is 2020.